The summed E-state index contributed by atoms with van der Waals surface area (Å²) in [7, 11) is 0. The molecule has 0 bridgehead atoms. The van der Waals surface area contributed by atoms with Crippen LogP contribution in [-0.4, -0.2) is 100 Å². The van der Waals surface area contributed by atoms with E-state index in [1.54, 1.807) is 6.08 Å². The van der Waals surface area contributed by atoms with Gasteiger partial charge in [0.1, 0.15) is 24.4 Å². The summed E-state index contributed by atoms with van der Waals surface area (Å²) in [6, 6.07) is -0.811. The maximum absolute atomic E-state index is 13.0. The SMILES string of the molecule is CCCCCCCCC/C=C/C(O)C(COC1OC(CO)C(O)C(O)C1O)NC(=O)CCCCCCCCCCCCC/C=C\C/C=C\CCCCCCCCCCCOC(=O)CCCCCCCCCCCCCCCCCCC. The van der Waals surface area contributed by atoms with Gasteiger partial charge >= 0.3 is 5.97 Å². The van der Waals surface area contributed by atoms with Crippen molar-refractivity contribution in [3.63, 3.8) is 0 Å². The summed E-state index contributed by atoms with van der Waals surface area (Å²) < 4.78 is 16.7. The number of nitrogens with one attached hydrogen (secondary N) is 1. The minimum Gasteiger partial charge on any atom is -0.466 e. The van der Waals surface area contributed by atoms with Crippen molar-refractivity contribution in [1.82, 2.24) is 5.32 Å². The van der Waals surface area contributed by atoms with Crippen LogP contribution < -0.4 is 5.32 Å². The van der Waals surface area contributed by atoms with E-state index < -0.39 is 49.5 Å². The van der Waals surface area contributed by atoms with Gasteiger partial charge < -0.3 is 45.1 Å². The molecule has 1 saturated heterocycles. The Hall–Kier alpha value is -2.12. The fourth-order valence-electron chi connectivity index (χ4n) is 11.0. The average Bonchev–Trinajstić information content (AvgIpc) is 3.49. The summed E-state index contributed by atoms with van der Waals surface area (Å²) in [6.07, 6.45) is 65.7. The fourth-order valence-corrected chi connectivity index (χ4v) is 11.0. The number of hydrogen-bond donors (Lipinski definition) is 6. The highest BCUT2D eigenvalue weighted by Crippen LogP contribution is 2.23. The highest BCUT2D eigenvalue weighted by Gasteiger charge is 2.44. The molecule has 0 spiro atoms. The Labute approximate surface area is 498 Å². The van der Waals surface area contributed by atoms with Crippen LogP contribution in [0.4, 0.5) is 0 Å². The molecule has 11 heteroatoms. The van der Waals surface area contributed by atoms with Gasteiger partial charge in [-0.15, -0.1) is 0 Å². The van der Waals surface area contributed by atoms with Crippen LogP contribution in [0.1, 0.15) is 335 Å². The van der Waals surface area contributed by atoms with Crippen molar-refractivity contribution in [3.8, 4) is 0 Å². The molecule has 1 aliphatic heterocycles. The first-order chi connectivity index (χ1) is 39.7. The number of hydrogen-bond acceptors (Lipinski definition) is 10. The third-order valence-electron chi connectivity index (χ3n) is 16.5. The molecule has 1 heterocycles. The maximum atomic E-state index is 13.0. The van der Waals surface area contributed by atoms with E-state index in [-0.39, 0.29) is 18.5 Å². The lowest BCUT2D eigenvalue weighted by atomic mass is 9.99. The number of aliphatic hydroxyl groups is 5. The molecular formula is C70H131NO10. The van der Waals surface area contributed by atoms with Crippen LogP contribution in [-0.2, 0) is 23.8 Å². The minimum absolute atomic E-state index is 0.00524. The number of allylic oxidation sites excluding steroid dienone is 5. The number of carbonyl (C=O) groups is 2. The Morgan fingerprint density at radius 2 is 0.827 bits per heavy atom. The van der Waals surface area contributed by atoms with E-state index in [0.29, 0.717) is 19.4 Å². The highest BCUT2D eigenvalue weighted by molar-refractivity contribution is 5.76. The Morgan fingerprint density at radius 3 is 1.25 bits per heavy atom. The Morgan fingerprint density at radius 1 is 0.457 bits per heavy atom. The molecule has 0 aromatic heterocycles. The lowest BCUT2D eigenvalue weighted by molar-refractivity contribution is -0.302. The third-order valence-corrected chi connectivity index (χ3v) is 16.5. The number of aliphatic hydroxyl groups excluding tert-OH is 5. The van der Waals surface area contributed by atoms with Crippen LogP contribution in [0.2, 0.25) is 0 Å². The van der Waals surface area contributed by atoms with Gasteiger partial charge in [-0.25, -0.2) is 0 Å². The van der Waals surface area contributed by atoms with Gasteiger partial charge in [-0.05, 0) is 64.2 Å². The van der Waals surface area contributed by atoms with Crippen LogP contribution in [0.3, 0.4) is 0 Å². The zero-order valence-corrected chi connectivity index (χ0v) is 52.8. The second-order valence-electron chi connectivity index (χ2n) is 24.2. The van der Waals surface area contributed by atoms with E-state index in [9.17, 15) is 35.1 Å². The normalized spacial score (nSPS) is 18.4. The minimum atomic E-state index is -1.57. The smallest absolute Gasteiger partial charge is 0.305 e. The molecule has 0 radical (unpaired) electrons. The number of ether oxygens (including phenoxy) is 3. The van der Waals surface area contributed by atoms with Crippen LogP contribution >= 0.6 is 0 Å². The van der Waals surface area contributed by atoms with E-state index in [4.69, 9.17) is 14.2 Å². The van der Waals surface area contributed by atoms with Crippen molar-refractivity contribution in [2.75, 3.05) is 19.8 Å². The first-order valence-electron chi connectivity index (χ1n) is 34.8. The fraction of sp³-hybridized carbons (Fsp3) is 0.886. The van der Waals surface area contributed by atoms with Crippen molar-refractivity contribution < 1.29 is 49.3 Å². The molecule has 6 N–H and O–H groups in total. The van der Waals surface area contributed by atoms with Crippen LogP contribution in [0.15, 0.2) is 36.5 Å². The first-order valence-corrected chi connectivity index (χ1v) is 34.8. The largest absolute Gasteiger partial charge is 0.466 e. The number of amides is 1. The summed E-state index contributed by atoms with van der Waals surface area (Å²) >= 11 is 0. The summed E-state index contributed by atoms with van der Waals surface area (Å²) in [4.78, 5) is 25.1. The van der Waals surface area contributed by atoms with E-state index in [1.165, 1.54) is 244 Å². The van der Waals surface area contributed by atoms with Gasteiger partial charge in [0.25, 0.3) is 0 Å². The van der Waals surface area contributed by atoms with Gasteiger partial charge in [0, 0.05) is 12.8 Å². The van der Waals surface area contributed by atoms with Crippen LogP contribution in [0.5, 0.6) is 0 Å². The lowest BCUT2D eigenvalue weighted by Gasteiger charge is -2.40. The van der Waals surface area contributed by atoms with Crippen LogP contribution in [0.25, 0.3) is 0 Å². The lowest BCUT2D eigenvalue weighted by Crippen LogP contribution is -2.60. The van der Waals surface area contributed by atoms with Crippen molar-refractivity contribution in [1.29, 1.82) is 0 Å². The van der Waals surface area contributed by atoms with Gasteiger partial charge in [0.05, 0.1) is 32.0 Å². The number of unbranched alkanes of at least 4 members (excludes halogenated alkanes) is 43. The number of carbonyl (C=O) groups excluding carboxylic acids is 2. The summed E-state index contributed by atoms with van der Waals surface area (Å²) in [5, 5.41) is 54.3. The Bertz CT molecular complexity index is 1440. The molecule has 0 aromatic rings. The molecule has 11 nitrogen and oxygen atoms in total. The molecule has 1 amide bonds. The summed E-state index contributed by atoms with van der Waals surface area (Å²) in [5.74, 6) is -0.181. The number of rotatable bonds is 61. The molecule has 1 aliphatic rings. The van der Waals surface area contributed by atoms with Gasteiger partial charge in [0.2, 0.25) is 5.91 Å². The predicted octanol–water partition coefficient (Wildman–Crippen LogP) is 17.4. The molecule has 7 atom stereocenters. The maximum Gasteiger partial charge on any atom is 0.305 e. The van der Waals surface area contributed by atoms with Gasteiger partial charge in [-0.3, -0.25) is 9.59 Å². The highest BCUT2D eigenvalue weighted by atomic mass is 16.7. The number of esters is 1. The standard InChI is InChI=1S/C70H131NO10/c1-3-5-7-9-11-13-14-15-16-28-32-35-38-42-46-50-54-58-66(75)79-59-55-51-47-43-39-36-33-30-27-25-23-21-19-17-18-20-22-24-26-29-31-34-37-41-45-49-53-57-65(74)71-62(63(73)56-52-48-44-40-12-10-8-6-4-2)61-80-70-69(78)68(77)67(76)64(60-72)81-70/h17-18,21,23,52,56,62-64,67-70,72-73,76-78H,3-16,19-20,22,24-51,53-55,57-61H2,1-2H3,(H,71,74)/b18-17-,23-21-,56-52+. The van der Waals surface area contributed by atoms with Crippen molar-refractivity contribution >= 4 is 11.9 Å². The van der Waals surface area contributed by atoms with Gasteiger partial charge in [0.15, 0.2) is 6.29 Å². The molecular weight excluding hydrogens is 1010 g/mol. The average molecular weight is 1150 g/mol. The molecule has 0 aromatic carbocycles. The first kappa shape index (κ1) is 76.9. The molecule has 7 unspecified atom stereocenters. The van der Waals surface area contributed by atoms with Crippen LogP contribution in [0, 0.1) is 0 Å². The van der Waals surface area contributed by atoms with Crippen molar-refractivity contribution in [2.45, 2.75) is 378 Å². The topological polar surface area (TPSA) is 175 Å². The Kier molecular flexibility index (Phi) is 56.6. The third kappa shape index (κ3) is 48.8. The van der Waals surface area contributed by atoms with E-state index in [0.717, 1.165) is 64.2 Å². The molecule has 0 saturated carbocycles. The second-order valence-corrected chi connectivity index (χ2v) is 24.2. The summed E-state index contributed by atoms with van der Waals surface area (Å²) in [5.41, 5.74) is 0. The zero-order chi connectivity index (χ0) is 58.7. The molecule has 81 heavy (non-hydrogen) atoms. The summed E-state index contributed by atoms with van der Waals surface area (Å²) in [6.45, 7) is 4.34. The predicted molar refractivity (Wildman–Crippen MR) is 338 cm³/mol. The van der Waals surface area contributed by atoms with Crippen molar-refractivity contribution in [3.05, 3.63) is 36.5 Å². The van der Waals surface area contributed by atoms with Crippen molar-refractivity contribution in [2.24, 2.45) is 0 Å². The van der Waals surface area contributed by atoms with E-state index in [2.05, 4.69) is 43.5 Å². The molecule has 476 valence electrons. The molecule has 0 aliphatic carbocycles. The molecule has 1 fully saturated rings. The quantitative estimate of drug-likeness (QED) is 0.0195. The van der Waals surface area contributed by atoms with E-state index in [1.807, 2.05) is 6.08 Å². The monoisotopic (exact) mass is 1150 g/mol. The Balaban J connectivity index is 1.94. The molecule has 1 rings (SSSR count). The zero-order valence-electron chi connectivity index (χ0n) is 52.8. The van der Waals surface area contributed by atoms with E-state index >= 15 is 0 Å². The second kappa shape index (κ2) is 59.6. The van der Waals surface area contributed by atoms with Gasteiger partial charge in [-0.1, -0.05) is 294 Å². The van der Waals surface area contributed by atoms with Gasteiger partial charge in [-0.2, -0.15) is 0 Å².